The summed E-state index contributed by atoms with van der Waals surface area (Å²) in [6.07, 6.45) is 5.51. The number of anilines is 1. The van der Waals surface area contributed by atoms with Crippen molar-refractivity contribution in [2.75, 3.05) is 11.4 Å². The third kappa shape index (κ3) is 2.71. The van der Waals surface area contributed by atoms with E-state index >= 15 is 0 Å². The van der Waals surface area contributed by atoms with E-state index in [0.29, 0.717) is 25.2 Å². The van der Waals surface area contributed by atoms with Crippen LogP contribution in [0.4, 0.5) is 5.69 Å². The van der Waals surface area contributed by atoms with Gasteiger partial charge >= 0.3 is 0 Å². The Kier molecular flexibility index (Phi) is 4.34. The van der Waals surface area contributed by atoms with Gasteiger partial charge in [0.05, 0.1) is 0 Å². The molecule has 0 unspecified atom stereocenters. The molecule has 2 aromatic carbocycles. The number of carbonyl (C=O) groups is 2. The minimum Gasteiger partial charge on any atom is -0.367 e. The Morgan fingerprint density at radius 1 is 0.929 bits per heavy atom. The number of hydrogen-bond acceptors (Lipinski definition) is 3. The molecule has 1 spiro atoms. The van der Waals surface area contributed by atoms with E-state index in [9.17, 15) is 9.59 Å². The average molecular weight is 373 g/mol. The number of fused-ring (bicyclic) bond motifs is 4. The SMILES string of the molecule is O=C1CCCC(=O)C12Cc1ccccc1N1CC[C@@H](Cc3ccccc3)C[C@@H]12. The Balaban J connectivity index is 1.53. The topological polar surface area (TPSA) is 37.4 Å². The molecule has 0 bridgehead atoms. The highest BCUT2D eigenvalue weighted by Gasteiger charge is 2.57. The van der Waals surface area contributed by atoms with E-state index in [1.54, 1.807) is 0 Å². The van der Waals surface area contributed by atoms with Crippen LogP contribution in [0.25, 0.3) is 0 Å². The van der Waals surface area contributed by atoms with E-state index < -0.39 is 5.41 Å². The van der Waals surface area contributed by atoms with Crippen molar-refractivity contribution >= 4 is 17.3 Å². The van der Waals surface area contributed by atoms with E-state index in [1.807, 2.05) is 6.07 Å². The van der Waals surface area contributed by atoms with Crippen LogP contribution in [0.3, 0.4) is 0 Å². The molecule has 2 heterocycles. The molecule has 0 radical (unpaired) electrons. The van der Waals surface area contributed by atoms with Crippen LogP contribution in [-0.4, -0.2) is 24.2 Å². The molecule has 144 valence electrons. The maximum absolute atomic E-state index is 13.3. The number of nitrogens with zero attached hydrogens (tertiary/aromatic N) is 1. The highest BCUT2D eigenvalue weighted by atomic mass is 16.2. The minimum absolute atomic E-state index is 0.0187. The Bertz CT molecular complexity index is 888. The Morgan fingerprint density at radius 2 is 1.64 bits per heavy atom. The van der Waals surface area contributed by atoms with Crippen LogP contribution in [0.2, 0.25) is 0 Å². The van der Waals surface area contributed by atoms with Crippen molar-refractivity contribution in [1.29, 1.82) is 0 Å². The molecule has 3 aliphatic rings. The standard InChI is InChI=1S/C25H27NO2/c27-23-11-6-12-24(28)25(23)17-20-9-4-5-10-21(20)26-14-13-19(16-22(25)26)15-18-7-2-1-3-8-18/h1-5,7-10,19,22H,6,11-17H2/t19-,22+/m0/s1. The molecule has 1 saturated heterocycles. The number of carbonyl (C=O) groups excluding carboxylic acids is 2. The summed E-state index contributed by atoms with van der Waals surface area (Å²) in [4.78, 5) is 28.9. The van der Waals surface area contributed by atoms with Gasteiger partial charge in [-0.05, 0) is 55.2 Å². The summed E-state index contributed by atoms with van der Waals surface area (Å²) in [6.45, 7) is 0.932. The fourth-order valence-corrected chi connectivity index (χ4v) is 5.87. The van der Waals surface area contributed by atoms with Crippen molar-refractivity contribution in [3.05, 3.63) is 65.7 Å². The van der Waals surface area contributed by atoms with E-state index in [2.05, 4.69) is 53.4 Å². The summed E-state index contributed by atoms with van der Waals surface area (Å²) in [6, 6.07) is 19.0. The van der Waals surface area contributed by atoms with Crippen molar-refractivity contribution in [1.82, 2.24) is 0 Å². The van der Waals surface area contributed by atoms with Crippen molar-refractivity contribution < 1.29 is 9.59 Å². The zero-order chi connectivity index (χ0) is 19.1. The maximum atomic E-state index is 13.3. The third-order valence-corrected chi connectivity index (χ3v) is 7.22. The quantitative estimate of drug-likeness (QED) is 0.733. The molecule has 3 nitrogen and oxygen atoms in total. The number of para-hydroxylation sites is 1. The lowest BCUT2D eigenvalue weighted by Crippen LogP contribution is -2.64. The summed E-state index contributed by atoms with van der Waals surface area (Å²) in [5.74, 6) is 0.899. The van der Waals surface area contributed by atoms with Crippen LogP contribution in [0.5, 0.6) is 0 Å². The average Bonchev–Trinajstić information content (AvgIpc) is 2.72. The molecule has 2 aromatic rings. The lowest BCUT2D eigenvalue weighted by molar-refractivity contribution is -0.146. The molecule has 2 fully saturated rings. The van der Waals surface area contributed by atoms with Gasteiger partial charge in [-0.15, -0.1) is 0 Å². The van der Waals surface area contributed by atoms with E-state index in [1.165, 1.54) is 16.8 Å². The molecule has 5 rings (SSSR count). The molecule has 2 atom stereocenters. The predicted octanol–water partition coefficient (Wildman–Crippen LogP) is 4.38. The van der Waals surface area contributed by atoms with Crippen LogP contribution in [-0.2, 0) is 22.4 Å². The van der Waals surface area contributed by atoms with Crippen LogP contribution >= 0.6 is 0 Å². The monoisotopic (exact) mass is 373 g/mol. The van der Waals surface area contributed by atoms with Crippen LogP contribution in [0.15, 0.2) is 54.6 Å². The van der Waals surface area contributed by atoms with Crippen molar-refractivity contribution in [3.63, 3.8) is 0 Å². The smallest absolute Gasteiger partial charge is 0.148 e. The number of piperidine rings is 1. The van der Waals surface area contributed by atoms with E-state index in [-0.39, 0.29) is 17.6 Å². The molecule has 0 amide bonds. The van der Waals surface area contributed by atoms with E-state index in [4.69, 9.17) is 0 Å². The molecule has 0 N–H and O–H groups in total. The number of rotatable bonds is 2. The maximum Gasteiger partial charge on any atom is 0.148 e. The highest BCUT2D eigenvalue weighted by molar-refractivity contribution is 6.11. The van der Waals surface area contributed by atoms with Gasteiger partial charge in [0.1, 0.15) is 17.0 Å². The van der Waals surface area contributed by atoms with Gasteiger partial charge in [-0.3, -0.25) is 9.59 Å². The molecular formula is C25H27NO2. The van der Waals surface area contributed by atoms with Crippen LogP contribution < -0.4 is 4.90 Å². The highest BCUT2D eigenvalue weighted by Crippen LogP contribution is 2.50. The molecule has 2 aliphatic heterocycles. The summed E-state index contributed by atoms with van der Waals surface area (Å²) < 4.78 is 0. The summed E-state index contributed by atoms with van der Waals surface area (Å²) in [5.41, 5.74) is 2.95. The van der Waals surface area contributed by atoms with Crippen molar-refractivity contribution in [2.24, 2.45) is 11.3 Å². The summed E-state index contributed by atoms with van der Waals surface area (Å²) in [5, 5.41) is 0. The first kappa shape index (κ1) is 17.7. The largest absolute Gasteiger partial charge is 0.367 e. The van der Waals surface area contributed by atoms with Crippen LogP contribution in [0.1, 0.15) is 43.2 Å². The first-order valence-electron chi connectivity index (χ1n) is 10.6. The van der Waals surface area contributed by atoms with Gasteiger partial charge in [-0.1, -0.05) is 48.5 Å². The van der Waals surface area contributed by atoms with Gasteiger partial charge in [0.25, 0.3) is 0 Å². The first-order chi connectivity index (χ1) is 13.7. The van der Waals surface area contributed by atoms with Gasteiger partial charge in [0.15, 0.2) is 0 Å². The number of benzene rings is 2. The number of hydrogen-bond donors (Lipinski definition) is 0. The van der Waals surface area contributed by atoms with Gasteiger partial charge in [0, 0.05) is 31.1 Å². The van der Waals surface area contributed by atoms with Crippen LogP contribution in [0, 0.1) is 11.3 Å². The van der Waals surface area contributed by atoms with Gasteiger partial charge in [-0.2, -0.15) is 0 Å². The van der Waals surface area contributed by atoms with Crippen molar-refractivity contribution in [2.45, 2.75) is 51.0 Å². The normalized spacial score (nSPS) is 26.1. The zero-order valence-corrected chi connectivity index (χ0v) is 16.3. The Hall–Kier alpha value is -2.42. The first-order valence-corrected chi connectivity index (χ1v) is 10.6. The fourth-order valence-electron chi connectivity index (χ4n) is 5.87. The summed E-state index contributed by atoms with van der Waals surface area (Å²) in [7, 11) is 0. The lowest BCUT2D eigenvalue weighted by atomic mass is 9.59. The second-order valence-electron chi connectivity index (χ2n) is 8.77. The molecular weight excluding hydrogens is 346 g/mol. The van der Waals surface area contributed by atoms with E-state index in [0.717, 1.165) is 32.2 Å². The zero-order valence-electron chi connectivity index (χ0n) is 16.3. The third-order valence-electron chi connectivity index (χ3n) is 7.22. The number of Topliss-reactive ketones (excluding diaryl/α,β-unsaturated/α-hetero) is 2. The molecule has 28 heavy (non-hydrogen) atoms. The second kappa shape index (κ2) is 6.88. The van der Waals surface area contributed by atoms with Gasteiger partial charge < -0.3 is 4.90 Å². The summed E-state index contributed by atoms with van der Waals surface area (Å²) >= 11 is 0. The Morgan fingerprint density at radius 3 is 2.43 bits per heavy atom. The van der Waals surface area contributed by atoms with Gasteiger partial charge in [0.2, 0.25) is 0 Å². The lowest BCUT2D eigenvalue weighted by Gasteiger charge is -2.54. The molecule has 1 aliphatic carbocycles. The second-order valence-corrected chi connectivity index (χ2v) is 8.77. The predicted molar refractivity (Wildman–Crippen MR) is 110 cm³/mol. The van der Waals surface area contributed by atoms with Gasteiger partial charge in [-0.25, -0.2) is 0 Å². The number of ketones is 2. The van der Waals surface area contributed by atoms with Crippen molar-refractivity contribution in [3.8, 4) is 0 Å². The fraction of sp³-hybridized carbons (Fsp3) is 0.440. The minimum atomic E-state index is -0.817. The molecule has 0 aromatic heterocycles. The Labute approximate surface area is 166 Å². The molecule has 3 heteroatoms. The molecule has 1 saturated carbocycles.